The highest BCUT2D eigenvalue weighted by atomic mass is 35.5. The molecule has 1 amide bonds. The average molecular weight is 320 g/mol. The van der Waals surface area contributed by atoms with Gasteiger partial charge in [-0.3, -0.25) is 4.79 Å². The Kier molecular flexibility index (Phi) is 3.98. The summed E-state index contributed by atoms with van der Waals surface area (Å²) in [5, 5.41) is 12.9. The predicted octanol–water partition coefficient (Wildman–Crippen LogP) is 3.38. The van der Waals surface area contributed by atoms with Crippen molar-refractivity contribution in [1.82, 2.24) is 15.5 Å². The molecule has 106 valence electrons. The van der Waals surface area contributed by atoms with Crippen molar-refractivity contribution in [2.24, 2.45) is 0 Å². The summed E-state index contributed by atoms with van der Waals surface area (Å²) < 4.78 is 5.50. The lowest BCUT2D eigenvalue weighted by Gasteiger charge is -1.99. The predicted molar refractivity (Wildman–Crippen MR) is 80.2 cm³/mol. The van der Waals surface area contributed by atoms with Crippen molar-refractivity contribution in [2.75, 3.05) is 0 Å². The van der Waals surface area contributed by atoms with Crippen LogP contribution in [0.1, 0.15) is 15.6 Å². The van der Waals surface area contributed by atoms with Gasteiger partial charge >= 0.3 is 0 Å². The van der Waals surface area contributed by atoms with Gasteiger partial charge in [0.05, 0.1) is 22.0 Å². The quantitative estimate of drug-likeness (QED) is 0.800. The number of rotatable bonds is 4. The van der Waals surface area contributed by atoms with Crippen LogP contribution in [0.2, 0.25) is 5.02 Å². The number of carbonyl (C=O) groups is 1. The average Bonchev–Trinajstić information content (AvgIpc) is 3.17. The minimum absolute atomic E-state index is 0.164. The van der Waals surface area contributed by atoms with Crippen LogP contribution in [0, 0.1) is 0 Å². The number of carbonyl (C=O) groups excluding carboxylic acids is 1. The van der Waals surface area contributed by atoms with Gasteiger partial charge in [-0.2, -0.15) is 0 Å². The van der Waals surface area contributed by atoms with Crippen molar-refractivity contribution < 1.29 is 9.21 Å². The number of aromatic nitrogens is 2. The number of hydrogen-bond donors (Lipinski definition) is 1. The minimum Gasteiger partial charge on any atom is -0.419 e. The van der Waals surface area contributed by atoms with Crippen LogP contribution in [-0.2, 0) is 6.54 Å². The number of nitrogens with zero attached hydrogens (tertiary/aromatic N) is 2. The summed E-state index contributed by atoms with van der Waals surface area (Å²) in [4.78, 5) is 12.4. The van der Waals surface area contributed by atoms with E-state index in [9.17, 15) is 4.79 Å². The van der Waals surface area contributed by atoms with Crippen LogP contribution in [0.15, 0.2) is 46.2 Å². The van der Waals surface area contributed by atoms with Gasteiger partial charge in [0.25, 0.3) is 5.91 Å². The number of amides is 1. The van der Waals surface area contributed by atoms with Crippen LogP contribution in [0.25, 0.3) is 11.5 Å². The molecule has 21 heavy (non-hydrogen) atoms. The van der Waals surface area contributed by atoms with Gasteiger partial charge in [-0.05, 0) is 23.6 Å². The Bertz CT molecular complexity index is 755. The minimum atomic E-state index is -0.164. The molecule has 1 aromatic carbocycles. The molecule has 5 nitrogen and oxygen atoms in total. The van der Waals surface area contributed by atoms with E-state index in [0.29, 0.717) is 27.2 Å². The lowest BCUT2D eigenvalue weighted by molar-refractivity contribution is 0.0951. The maximum atomic E-state index is 11.8. The first kappa shape index (κ1) is 13.8. The molecule has 0 fully saturated rings. The topological polar surface area (TPSA) is 68.0 Å². The third-order valence-corrected chi connectivity index (χ3v) is 3.91. The fourth-order valence-corrected chi connectivity index (χ4v) is 2.58. The van der Waals surface area contributed by atoms with E-state index in [1.807, 2.05) is 23.6 Å². The van der Waals surface area contributed by atoms with Crippen LogP contribution in [-0.4, -0.2) is 16.1 Å². The second kappa shape index (κ2) is 6.07. The highest BCUT2D eigenvalue weighted by Crippen LogP contribution is 2.26. The molecular weight excluding hydrogens is 310 g/mol. The van der Waals surface area contributed by atoms with Crippen molar-refractivity contribution >= 4 is 28.8 Å². The SMILES string of the molecule is O=C(NCc1nnc(-c2ccccc2Cl)o1)c1cccs1. The lowest BCUT2D eigenvalue weighted by atomic mass is 10.2. The second-order valence-corrected chi connectivity index (χ2v) is 5.50. The molecule has 3 rings (SSSR count). The first-order valence-electron chi connectivity index (χ1n) is 6.13. The van der Waals surface area contributed by atoms with Gasteiger partial charge in [0.15, 0.2) is 0 Å². The maximum absolute atomic E-state index is 11.8. The van der Waals surface area contributed by atoms with Gasteiger partial charge in [0, 0.05) is 0 Å². The van der Waals surface area contributed by atoms with E-state index in [0.717, 1.165) is 0 Å². The van der Waals surface area contributed by atoms with Gasteiger partial charge in [0.1, 0.15) is 0 Å². The molecule has 0 radical (unpaired) electrons. The Labute approximate surface area is 129 Å². The molecule has 1 N–H and O–H groups in total. The van der Waals surface area contributed by atoms with Gasteiger partial charge in [-0.15, -0.1) is 21.5 Å². The number of benzene rings is 1. The molecule has 0 atom stereocenters. The van der Waals surface area contributed by atoms with Crippen LogP contribution in [0.5, 0.6) is 0 Å². The molecule has 2 aromatic heterocycles. The Morgan fingerprint density at radius 1 is 1.24 bits per heavy atom. The van der Waals surface area contributed by atoms with Crippen molar-refractivity contribution in [2.45, 2.75) is 6.54 Å². The summed E-state index contributed by atoms with van der Waals surface area (Å²) in [6.07, 6.45) is 0. The molecule has 0 saturated heterocycles. The van der Waals surface area contributed by atoms with Gasteiger partial charge in [-0.1, -0.05) is 29.8 Å². The molecule has 0 aliphatic heterocycles. The summed E-state index contributed by atoms with van der Waals surface area (Å²) in [5.74, 6) is 0.498. The normalized spacial score (nSPS) is 10.5. The zero-order chi connectivity index (χ0) is 14.7. The van der Waals surface area contributed by atoms with Crippen LogP contribution < -0.4 is 5.32 Å². The Hall–Kier alpha value is -2.18. The number of thiophene rings is 1. The maximum Gasteiger partial charge on any atom is 0.261 e. The number of nitrogens with one attached hydrogen (secondary N) is 1. The Morgan fingerprint density at radius 2 is 2.10 bits per heavy atom. The van der Waals surface area contributed by atoms with E-state index in [1.54, 1.807) is 18.2 Å². The van der Waals surface area contributed by atoms with Crippen molar-refractivity contribution in [1.29, 1.82) is 0 Å². The summed E-state index contributed by atoms with van der Waals surface area (Å²) >= 11 is 7.44. The highest BCUT2D eigenvalue weighted by Gasteiger charge is 2.13. The first-order valence-corrected chi connectivity index (χ1v) is 7.39. The van der Waals surface area contributed by atoms with Crippen molar-refractivity contribution in [3.63, 3.8) is 0 Å². The number of hydrogen-bond acceptors (Lipinski definition) is 5. The summed E-state index contributed by atoms with van der Waals surface area (Å²) in [6.45, 7) is 0.175. The molecule has 0 bridgehead atoms. The van der Waals surface area contributed by atoms with Gasteiger partial charge in [0.2, 0.25) is 11.8 Å². The highest BCUT2D eigenvalue weighted by molar-refractivity contribution is 7.12. The monoisotopic (exact) mass is 319 g/mol. The summed E-state index contributed by atoms with van der Waals surface area (Å²) in [6, 6.07) is 10.8. The second-order valence-electron chi connectivity index (χ2n) is 4.14. The Morgan fingerprint density at radius 3 is 2.86 bits per heavy atom. The van der Waals surface area contributed by atoms with Crippen LogP contribution in [0.4, 0.5) is 0 Å². The smallest absolute Gasteiger partial charge is 0.261 e. The summed E-state index contributed by atoms with van der Waals surface area (Å²) in [5.41, 5.74) is 0.669. The van der Waals surface area contributed by atoms with Crippen LogP contribution >= 0.6 is 22.9 Å². The van der Waals surface area contributed by atoms with E-state index in [2.05, 4.69) is 15.5 Å². The van der Waals surface area contributed by atoms with E-state index < -0.39 is 0 Å². The standard InChI is InChI=1S/C14H10ClN3O2S/c15-10-5-2-1-4-9(10)14-18-17-12(20-14)8-16-13(19)11-6-3-7-21-11/h1-7H,8H2,(H,16,19). The fourth-order valence-electron chi connectivity index (χ4n) is 1.72. The third-order valence-electron chi connectivity index (χ3n) is 2.72. The lowest BCUT2D eigenvalue weighted by Crippen LogP contribution is -2.21. The van der Waals surface area contributed by atoms with E-state index in [1.165, 1.54) is 11.3 Å². The van der Waals surface area contributed by atoms with Gasteiger partial charge in [-0.25, -0.2) is 0 Å². The van der Waals surface area contributed by atoms with Crippen LogP contribution in [0.3, 0.4) is 0 Å². The molecule has 0 saturated carbocycles. The van der Waals surface area contributed by atoms with E-state index >= 15 is 0 Å². The largest absolute Gasteiger partial charge is 0.419 e. The zero-order valence-electron chi connectivity index (χ0n) is 10.7. The molecule has 0 spiro atoms. The Balaban J connectivity index is 1.69. The molecule has 3 aromatic rings. The van der Waals surface area contributed by atoms with Gasteiger partial charge < -0.3 is 9.73 Å². The molecule has 0 aliphatic rings. The third kappa shape index (κ3) is 3.12. The zero-order valence-corrected chi connectivity index (χ0v) is 12.3. The van der Waals surface area contributed by atoms with Crippen molar-refractivity contribution in [3.8, 4) is 11.5 Å². The van der Waals surface area contributed by atoms with E-state index in [-0.39, 0.29) is 12.5 Å². The summed E-state index contributed by atoms with van der Waals surface area (Å²) in [7, 11) is 0. The van der Waals surface area contributed by atoms with E-state index in [4.69, 9.17) is 16.0 Å². The number of halogens is 1. The fraction of sp³-hybridized carbons (Fsp3) is 0.0714. The molecular formula is C14H10ClN3O2S. The molecule has 0 unspecified atom stereocenters. The molecule has 2 heterocycles. The first-order chi connectivity index (χ1) is 10.2. The molecule has 7 heteroatoms. The van der Waals surface area contributed by atoms with Crippen molar-refractivity contribution in [3.05, 3.63) is 57.6 Å². The molecule has 0 aliphatic carbocycles.